The third-order valence-electron chi connectivity index (χ3n) is 3.31. The molecule has 0 fully saturated rings. The van der Waals surface area contributed by atoms with Crippen LogP contribution in [0.3, 0.4) is 0 Å². The third-order valence-corrected chi connectivity index (χ3v) is 3.31. The van der Waals surface area contributed by atoms with E-state index in [1.807, 2.05) is 0 Å². The number of carboxylic acids is 5. The number of rotatable bonds is 10. The zero-order valence-electron chi connectivity index (χ0n) is 17.5. The van der Waals surface area contributed by atoms with Crippen molar-refractivity contribution in [3.05, 3.63) is 11.5 Å². The van der Waals surface area contributed by atoms with Crippen LogP contribution >= 0.6 is 0 Å². The Kier molecular flexibility index (Phi) is 22.4. The fourth-order valence-corrected chi connectivity index (χ4v) is 1.75. The molecule has 196 valence electrons. The second-order valence-corrected chi connectivity index (χ2v) is 6.07. The quantitative estimate of drug-likeness (QED) is 0.0820. The third kappa shape index (κ3) is 17.3. The summed E-state index contributed by atoms with van der Waals surface area (Å²) >= 11 is 0. The second-order valence-electron chi connectivity index (χ2n) is 6.07. The molecule has 0 bridgehead atoms. The average Bonchev–Trinajstić information content (AvgIpc) is 2.92. The fourth-order valence-electron chi connectivity index (χ4n) is 1.75. The SMILES string of the molecule is O=C(O)CC(O)(CC(=O)O)C(=O)O.O=C(O)CCC(=O)O.O=C1OC(C(O)CO)C(O)=C1O.[GeH4].[K+]. The van der Waals surface area contributed by atoms with Crippen molar-refractivity contribution in [3.63, 3.8) is 0 Å². The van der Waals surface area contributed by atoms with E-state index < -0.39 is 84.6 Å². The molecule has 0 amide bonds. The summed E-state index contributed by atoms with van der Waals surface area (Å²) in [4.78, 5) is 60.3. The first-order valence-electron chi connectivity index (χ1n) is 8.43. The van der Waals surface area contributed by atoms with Crippen LogP contribution in [0, 0.1) is 0 Å². The van der Waals surface area contributed by atoms with Crippen LogP contribution in [0.2, 0.25) is 0 Å². The molecule has 2 atom stereocenters. The Morgan fingerprint density at radius 3 is 1.43 bits per heavy atom. The molecular formula is C16H26GeKO17+. The number of cyclic esters (lactones) is 1. The standard InChI is InChI=1S/C6H8O7.C6H8O6.C4H6O4.GeH4.K/c7-3(8)1-6(13,5(11)12)2-4(9)10;7-1-2(8)5-3(9)4(10)6(11)12-5;5-3(6)1-2-4(7)8;;/h13H,1-2H2,(H,7,8)(H,9,10)(H,11,12);2,5,7-10H,1H2;1-2H2,(H,5,6)(H,7,8);1H4;/q;;;;+1. The van der Waals surface area contributed by atoms with Crippen LogP contribution in [0.1, 0.15) is 25.7 Å². The van der Waals surface area contributed by atoms with Gasteiger partial charge in [-0.3, -0.25) is 19.2 Å². The molecule has 35 heavy (non-hydrogen) atoms. The summed E-state index contributed by atoms with van der Waals surface area (Å²) in [7, 11) is 0. The van der Waals surface area contributed by atoms with Gasteiger partial charge in [-0.25, -0.2) is 9.59 Å². The molecule has 0 aromatic carbocycles. The second kappa shape index (κ2) is 19.4. The van der Waals surface area contributed by atoms with E-state index in [0.717, 1.165) is 0 Å². The van der Waals surface area contributed by atoms with E-state index in [1.165, 1.54) is 0 Å². The Bertz CT molecular complexity index is 765. The number of aliphatic hydroxyl groups excluding tert-OH is 4. The van der Waals surface area contributed by atoms with Crippen molar-refractivity contribution in [3.8, 4) is 0 Å². The maximum atomic E-state index is 10.5. The van der Waals surface area contributed by atoms with Gasteiger partial charge in [-0.05, 0) is 0 Å². The molecule has 1 aliphatic heterocycles. The van der Waals surface area contributed by atoms with Gasteiger partial charge in [-0.1, -0.05) is 0 Å². The average molecular weight is 602 g/mol. The van der Waals surface area contributed by atoms with E-state index in [4.69, 9.17) is 51.1 Å². The molecule has 1 aliphatic rings. The van der Waals surface area contributed by atoms with Gasteiger partial charge < -0.3 is 55.8 Å². The minimum Gasteiger partial charge on any atom is 1.00 e. The normalized spacial score (nSPS) is 14.8. The molecule has 1 rings (SSSR count). The van der Waals surface area contributed by atoms with E-state index in [2.05, 4.69) is 4.74 Å². The molecule has 17 nitrogen and oxygen atoms in total. The summed E-state index contributed by atoms with van der Waals surface area (Å²) in [6, 6.07) is 0. The monoisotopic (exact) mass is 603 g/mol. The van der Waals surface area contributed by atoms with Crippen molar-refractivity contribution in [1.82, 2.24) is 0 Å². The van der Waals surface area contributed by atoms with Gasteiger partial charge in [0.25, 0.3) is 0 Å². The van der Waals surface area contributed by atoms with Gasteiger partial charge in [0.2, 0.25) is 5.76 Å². The summed E-state index contributed by atoms with van der Waals surface area (Å²) in [5, 5.41) is 84.7. The summed E-state index contributed by atoms with van der Waals surface area (Å²) in [6.45, 7) is -0.671. The van der Waals surface area contributed by atoms with E-state index in [-0.39, 0.29) is 81.8 Å². The number of carboxylic acid groups (broad SMARTS) is 5. The molecule has 19 heteroatoms. The molecule has 0 radical (unpaired) electrons. The van der Waals surface area contributed by atoms with Gasteiger partial charge in [0.1, 0.15) is 6.10 Å². The topological polar surface area (TPSA) is 314 Å². The zero-order chi connectivity index (χ0) is 26.5. The van der Waals surface area contributed by atoms with E-state index >= 15 is 0 Å². The Balaban J connectivity index is -0.000000206. The first kappa shape index (κ1) is 40.4. The van der Waals surface area contributed by atoms with Crippen LogP contribution in [0.5, 0.6) is 0 Å². The Morgan fingerprint density at radius 2 is 1.23 bits per heavy atom. The van der Waals surface area contributed by atoms with Gasteiger partial charge >= 0.3 is 105 Å². The number of hydrogen-bond donors (Lipinski definition) is 10. The van der Waals surface area contributed by atoms with Gasteiger partial charge in [-0.15, -0.1) is 0 Å². The van der Waals surface area contributed by atoms with Crippen molar-refractivity contribution in [2.45, 2.75) is 43.5 Å². The summed E-state index contributed by atoms with van der Waals surface area (Å²) in [6.07, 6.45) is -5.66. The van der Waals surface area contributed by atoms with Crippen LogP contribution < -0.4 is 51.4 Å². The molecule has 0 spiro atoms. The maximum Gasteiger partial charge on any atom is 1.00 e. The number of aliphatic hydroxyl groups is 5. The van der Waals surface area contributed by atoms with Crippen LogP contribution in [0.4, 0.5) is 0 Å². The van der Waals surface area contributed by atoms with Crippen molar-refractivity contribution < 1.29 is 136 Å². The summed E-state index contributed by atoms with van der Waals surface area (Å²) in [5.41, 5.74) is -2.74. The van der Waals surface area contributed by atoms with Gasteiger partial charge in [0, 0.05) is 0 Å². The number of ether oxygens (including phenoxy) is 1. The number of esters is 1. The molecule has 0 saturated carbocycles. The Labute approximate surface area is 249 Å². The molecule has 0 aliphatic carbocycles. The van der Waals surface area contributed by atoms with Crippen molar-refractivity contribution in [1.29, 1.82) is 0 Å². The smallest absolute Gasteiger partial charge is 1.00 e. The van der Waals surface area contributed by atoms with Crippen LogP contribution in [-0.4, -0.2) is 129 Å². The number of carbonyl (C=O) groups is 6. The van der Waals surface area contributed by atoms with E-state index in [1.54, 1.807) is 0 Å². The molecular weight excluding hydrogens is 576 g/mol. The minimum absolute atomic E-state index is 0. The van der Waals surface area contributed by atoms with Gasteiger partial charge in [0.15, 0.2) is 17.5 Å². The Hall–Kier alpha value is -1.78. The van der Waals surface area contributed by atoms with E-state index in [9.17, 15) is 28.8 Å². The van der Waals surface area contributed by atoms with Crippen LogP contribution in [0.15, 0.2) is 11.5 Å². The van der Waals surface area contributed by atoms with Crippen LogP contribution in [-0.2, 0) is 33.5 Å². The first-order chi connectivity index (χ1) is 15.0. The molecule has 10 N–H and O–H groups in total. The summed E-state index contributed by atoms with van der Waals surface area (Å²) < 4.78 is 4.32. The minimum atomic E-state index is -2.74. The molecule has 2 unspecified atom stereocenters. The number of hydrogen-bond acceptors (Lipinski definition) is 12. The maximum absolute atomic E-state index is 10.5. The van der Waals surface area contributed by atoms with Crippen molar-refractivity contribution in [2.24, 2.45) is 0 Å². The predicted octanol–water partition coefficient (Wildman–Crippen LogP) is -7.17. The largest absolute Gasteiger partial charge is 1.00 e. The van der Waals surface area contributed by atoms with Crippen molar-refractivity contribution >= 4 is 53.4 Å². The van der Waals surface area contributed by atoms with Gasteiger partial charge in [-0.2, -0.15) is 0 Å². The fraction of sp³-hybridized carbons (Fsp3) is 0.500. The van der Waals surface area contributed by atoms with Crippen molar-refractivity contribution in [2.75, 3.05) is 6.61 Å². The van der Waals surface area contributed by atoms with E-state index in [0.29, 0.717) is 0 Å². The Morgan fingerprint density at radius 1 is 0.857 bits per heavy atom. The molecule has 0 aromatic heterocycles. The summed E-state index contributed by atoms with van der Waals surface area (Å²) in [5.74, 6) is -9.95. The van der Waals surface area contributed by atoms with Crippen LogP contribution in [0.25, 0.3) is 0 Å². The molecule has 0 aromatic rings. The molecule has 1 heterocycles. The van der Waals surface area contributed by atoms with Gasteiger partial charge in [0.05, 0.1) is 32.3 Å². The predicted molar refractivity (Wildman–Crippen MR) is 108 cm³/mol. The first-order valence-corrected chi connectivity index (χ1v) is 8.43. The number of aliphatic carboxylic acids is 5. The number of carbonyl (C=O) groups excluding carboxylic acids is 1. The zero-order valence-corrected chi connectivity index (χ0v) is 20.6. The molecule has 0 saturated heterocycles.